The molecule has 0 bridgehead atoms. The zero-order chi connectivity index (χ0) is 9.56. The first-order chi connectivity index (χ1) is 5.54. The minimum absolute atomic E-state index is 0.291. The van der Waals surface area contributed by atoms with Crippen molar-refractivity contribution in [2.75, 3.05) is 27.2 Å². The SMILES string of the molecule is CC(C)NCCOC(=O)N(C)C. The van der Waals surface area contributed by atoms with Gasteiger partial charge in [-0.25, -0.2) is 4.79 Å². The fourth-order valence-electron chi connectivity index (χ4n) is 0.615. The van der Waals surface area contributed by atoms with E-state index in [9.17, 15) is 4.79 Å². The highest BCUT2D eigenvalue weighted by Crippen LogP contribution is 1.84. The van der Waals surface area contributed by atoms with Crippen LogP contribution in [0.3, 0.4) is 0 Å². The van der Waals surface area contributed by atoms with E-state index in [0.717, 1.165) is 0 Å². The van der Waals surface area contributed by atoms with Gasteiger partial charge in [-0.1, -0.05) is 13.8 Å². The molecule has 0 fully saturated rings. The summed E-state index contributed by atoms with van der Waals surface area (Å²) in [4.78, 5) is 12.3. The second kappa shape index (κ2) is 5.83. The molecule has 0 aromatic carbocycles. The Hall–Kier alpha value is -0.770. The van der Waals surface area contributed by atoms with E-state index >= 15 is 0 Å². The zero-order valence-corrected chi connectivity index (χ0v) is 8.26. The quantitative estimate of drug-likeness (QED) is 0.637. The average Bonchev–Trinajstić information content (AvgIpc) is 1.97. The van der Waals surface area contributed by atoms with Crippen LogP contribution in [0.2, 0.25) is 0 Å². The average molecular weight is 174 g/mol. The van der Waals surface area contributed by atoms with Crippen LogP contribution < -0.4 is 5.32 Å². The number of ether oxygens (including phenoxy) is 1. The number of carbonyl (C=O) groups is 1. The van der Waals surface area contributed by atoms with Gasteiger partial charge in [0.2, 0.25) is 0 Å². The van der Waals surface area contributed by atoms with E-state index in [1.165, 1.54) is 4.90 Å². The molecule has 1 N–H and O–H groups in total. The van der Waals surface area contributed by atoms with Gasteiger partial charge in [0.25, 0.3) is 0 Å². The van der Waals surface area contributed by atoms with Crippen LogP contribution in [0.5, 0.6) is 0 Å². The summed E-state index contributed by atoms with van der Waals surface area (Å²) in [6.07, 6.45) is -0.291. The Morgan fingerprint density at radius 2 is 2.08 bits per heavy atom. The fourth-order valence-corrected chi connectivity index (χ4v) is 0.615. The van der Waals surface area contributed by atoms with Crippen molar-refractivity contribution in [3.05, 3.63) is 0 Å². The van der Waals surface area contributed by atoms with Gasteiger partial charge in [-0.15, -0.1) is 0 Å². The van der Waals surface area contributed by atoms with E-state index in [2.05, 4.69) is 5.32 Å². The molecular weight excluding hydrogens is 156 g/mol. The Kier molecular flexibility index (Phi) is 5.45. The topological polar surface area (TPSA) is 41.6 Å². The maximum atomic E-state index is 10.9. The Balaban J connectivity index is 3.26. The van der Waals surface area contributed by atoms with Crippen LogP contribution in [0.1, 0.15) is 13.8 Å². The molecule has 0 aliphatic carbocycles. The van der Waals surface area contributed by atoms with Crippen LogP contribution in [-0.2, 0) is 4.74 Å². The third-order valence-electron chi connectivity index (χ3n) is 1.25. The van der Waals surface area contributed by atoms with Crippen molar-refractivity contribution in [3.8, 4) is 0 Å². The van der Waals surface area contributed by atoms with Crippen LogP contribution in [0.4, 0.5) is 4.79 Å². The number of nitrogens with zero attached hydrogens (tertiary/aromatic N) is 1. The van der Waals surface area contributed by atoms with Gasteiger partial charge in [-0.2, -0.15) is 0 Å². The first kappa shape index (κ1) is 11.2. The van der Waals surface area contributed by atoms with Crippen LogP contribution in [0.15, 0.2) is 0 Å². The molecule has 0 saturated carbocycles. The largest absolute Gasteiger partial charge is 0.448 e. The minimum Gasteiger partial charge on any atom is -0.448 e. The van der Waals surface area contributed by atoms with E-state index in [1.54, 1.807) is 14.1 Å². The number of rotatable bonds is 4. The van der Waals surface area contributed by atoms with Gasteiger partial charge >= 0.3 is 6.09 Å². The summed E-state index contributed by atoms with van der Waals surface area (Å²) >= 11 is 0. The lowest BCUT2D eigenvalue weighted by molar-refractivity contribution is 0.118. The second-order valence-corrected chi connectivity index (χ2v) is 3.12. The molecule has 1 amide bonds. The van der Waals surface area contributed by atoms with Crippen molar-refractivity contribution < 1.29 is 9.53 Å². The molecule has 0 atom stereocenters. The van der Waals surface area contributed by atoms with Crippen molar-refractivity contribution in [3.63, 3.8) is 0 Å². The van der Waals surface area contributed by atoms with Gasteiger partial charge in [0.15, 0.2) is 0 Å². The van der Waals surface area contributed by atoms with E-state index in [-0.39, 0.29) is 6.09 Å². The third kappa shape index (κ3) is 5.97. The van der Waals surface area contributed by atoms with Gasteiger partial charge < -0.3 is 15.0 Å². The Bertz CT molecular complexity index is 135. The van der Waals surface area contributed by atoms with Gasteiger partial charge in [0.05, 0.1) is 0 Å². The number of hydrogen-bond acceptors (Lipinski definition) is 3. The number of carbonyl (C=O) groups excluding carboxylic acids is 1. The van der Waals surface area contributed by atoms with Crippen molar-refractivity contribution >= 4 is 6.09 Å². The normalized spacial score (nSPS) is 10.1. The predicted molar refractivity (Wildman–Crippen MR) is 48.2 cm³/mol. The fraction of sp³-hybridized carbons (Fsp3) is 0.875. The molecule has 0 aliphatic rings. The number of hydrogen-bond donors (Lipinski definition) is 1. The molecule has 0 radical (unpaired) electrons. The van der Waals surface area contributed by atoms with E-state index in [1.807, 2.05) is 13.8 Å². The minimum atomic E-state index is -0.291. The van der Waals surface area contributed by atoms with Gasteiger partial charge in [-0.3, -0.25) is 0 Å². The molecule has 12 heavy (non-hydrogen) atoms. The van der Waals surface area contributed by atoms with E-state index in [4.69, 9.17) is 4.74 Å². The van der Waals surface area contributed by atoms with Gasteiger partial charge in [-0.05, 0) is 0 Å². The molecular formula is C8H18N2O2. The van der Waals surface area contributed by atoms with Gasteiger partial charge in [0, 0.05) is 26.7 Å². The molecule has 0 rings (SSSR count). The standard InChI is InChI=1S/C8H18N2O2/c1-7(2)9-5-6-12-8(11)10(3)4/h7,9H,5-6H2,1-4H3. The molecule has 0 aliphatic heterocycles. The van der Waals surface area contributed by atoms with E-state index in [0.29, 0.717) is 19.2 Å². The molecule has 0 unspecified atom stereocenters. The molecule has 0 aromatic rings. The Morgan fingerprint density at radius 1 is 1.50 bits per heavy atom. The van der Waals surface area contributed by atoms with Crippen molar-refractivity contribution in [1.82, 2.24) is 10.2 Å². The summed E-state index contributed by atoms with van der Waals surface area (Å²) in [6.45, 7) is 5.23. The Labute approximate surface area is 73.9 Å². The molecule has 0 heterocycles. The lowest BCUT2D eigenvalue weighted by Crippen LogP contribution is -2.30. The lowest BCUT2D eigenvalue weighted by Gasteiger charge is -2.12. The highest BCUT2D eigenvalue weighted by molar-refractivity contribution is 5.66. The summed E-state index contributed by atoms with van der Waals surface area (Å²) < 4.78 is 4.88. The van der Waals surface area contributed by atoms with Crippen LogP contribution in [0.25, 0.3) is 0 Å². The third-order valence-corrected chi connectivity index (χ3v) is 1.25. The maximum absolute atomic E-state index is 10.9. The zero-order valence-electron chi connectivity index (χ0n) is 8.26. The summed E-state index contributed by atoms with van der Waals surface area (Å²) in [5, 5.41) is 3.14. The maximum Gasteiger partial charge on any atom is 0.409 e. The number of nitrogens with one attached hydrogen (secondary N) is 1. The summed E-state index contributed by atoms with van der Waals surface area (Å²) in [7, 11) is 3.33. The second-order valence-electron chi connectivity index (χ2n) is 3.12. The van der Waals surface area contributed by atoms with Crippen molar-refractivity contribution in [1.29, 1.82) is 0 Å². The summed E-state index contributed by atoms with van der Waals surface area (Å²) in [5.41, 5.74) is 0. The van der Waals surface area contributed by atoms with Crippen LogP contribution in [-0.4, -0.2) is 44.3 Å². The lowest BCUT2D eigenvalue weighted by atomic mass is 10.4. The van der Waals surface area contributed by atoms with Crippen LogP contribution >= 0.6 is 0 Å². The van der Waals surface area contributed by atoms with E-state index < -0.39 is 0 Å². The first-order valence-corrected chi connectivity index (χ1v) is 4.11. The number of amides is 1. The van der Waals surface area contributed by atoms with Gasteiger partial charge in [0.1, 0.15) is 6.61 Å². The molecule has 4 heteroatoms. The molecule has 4 nitrogen and oxygen atoms in total. The van der Waals surface area contributed by atoms with Crippen molar-refractivity contribution in [2.45, 2.75) is 19.9 Å². The highest BCUT2D eigenvalue weighted by atomic mass is 16.6. The highest BCUT2D eigenvalue weighted by Gasteiger charge is 2.02. The summed E-state index contributed by atoms with van der Waals surface area (Å²) in [5.74, 6) is 0. The molecule has 72 valence electrons. The predicted octanol–water partition coefficient (Wildman–Crippen LogP) is 0.683. The smallest absolute Gasteiger partial charge is 0.409 e. The Morgan fingerprint density at radius 3 is 2.50 bits per heavy atom. The molecule has 0 aromatic heterocycles. The first-order valence-electron chi connectivity index (χ1n) is 4.11. The molecule has 0 spiro atoms. The molecule has 0 saturated heterocycles. The summed E-state index contributed by atoms with van der Waals surface area (Å²) in [6, 6.07) is 0.433. The van der Waals surface area contributed by atoms with Crippen LogP contribution in [0, 0.1) is 0 Å². The van der Waals surface area contributed by atoms with Crippen molar-refractivity contribution in [2.24, 2.45) is 0 Å². The monoisotopic (exact) mass is 174 g/mol.